The molecule has 0 radical (unpaired) electrons. The highest BCUT2D eigenvalue weighted by molar-refractivity contribution is 4.91. The van der Waals surface area contributed by atoms with Crippen molar-refractivity contribution in [3.8, 4) is 0 Å². The summed E-state index contributed by atoms with van der Waals surface area (Å²) in [6.45, 7) is 6.00. The van der Waals surface area contributed by atoms with Crippen molar-refractivity contribution in [2.75, 3.05) is 32.8 Å². The molecule has 86 valence electrons. The quantitative estimate of drug-likeness (QED) is 0.747. The van der Waals surface area contributed by atoms with E-state index < -0.39 is 0 Å². The van der Waals surface area contributed by atoms with E-state index in [1.807, 2.05) is 0 Å². The van der Waals surface area contributed by atoms with Crippen LogP contribution >= 0.6 is 0 Å². The van der Waals surface area contributed by atoms with E-state index in [1.54, 1.807) is 0 Å². The van der Waals surface area contributed by atoms with E-state index in [4.69, 9.17) is 4.74 Å². The van der Waals surface area contributed by atoms with Crippen LogP contribution in [0.2, 0.25) is 0 Å². The van der Waals surface area contributed by atoms with Crippen LogP contribution in [0.15, 0.2) is 0 Å². The fourth-order valence-electron chi connectivity index (χ4n) is 3.28. The number of nitrogens with one attached hydrogen (secondary N) is 1. The maximum absolute atomic E-state index is 5.65. The van der Waals surface area contributed by atoms with Gasteiger partial charge in [0.15, 0.2) is 0 Å². The summed E-state index contributed by atoms with van der Waals surface area (Å²) in [6, 6.07) is 0.747. The molecule has 0 aromatic rings. The van der Waals surface area contributed by atoms with E-state index >= 15 is 0 Å². The molecule has 0 unspecified atom stereocenters. The summed E-state index contributed by atoms with van der Waals surface area (Å²) in [5, 5.41) is 3.73. The normalized spacial score (nSPS) is 44.8. The molecule has 1 N–H and O–H groups in total. The highest BCUT2D eigenvalue weighted by Gasteiger charge is 2.34. The molecule has 2 bridgehead atoms. The van der Waals surface area contributed by atoms with E-state index in [0.717, 1.165) is 25.1 Å². The number of hydrogen-bond donors (Lipinski definition) is 1. The Kier molecular flexibility index (Phi) is 2.95. The van der Waals surface area contributed by atoms with Gasteiger partial charge in [0.2, 0.25) is 0 Å². The maximum Gasteiger partial charge on any atom is 0.0700 e. The Morgan fingerprint density at radius 3 is 2.67 bits per heavy atom. The van der Waals surface area contributed by atoms with Crippen LogP contribution in [-0.4, -0.2) is 49.8 Å². The van der Waals surface area contributed by atoms with Crippen LogP contribution in [-0.2, 0) is 4.74 Å². The first-order valence-corrected chi connectivity index (χ1v) is 6.49. The van der Waals surface area contributed by atoms with E-state index in [0.29, 0.717) is 6.10 Å². The van der Waals surface area contributed by atoms with Gasteiger partial charge in [0, 0.05) is 25.7 Å². The van der Waals surface area contributed by atoms with E-state index in [9.17, 15) is 0 Å². The van der Waals surface area contributed by atoms with Gasteiger partial charge in [0.05, 0.1) is 6.10 Å². The van der Waals surface area contributed by atoms with Gasteiger partial charge in [-0.05, 0) is 44.7 Å². The molecule has 3 nitrogen and oxygen atoms in total. The monoisotopic (exact) mass is 210 g/mol. The largest absolute Gasteiger partial charge is 0.377 e. The lowest BCUT2D eigenvalue weighted by Crippen LogP contribution is -2.56. The van der Waals surface area contributed by atoms with Crippen molar-refractivity contribution in [1.82, 2.24) is 10.2 Å². The van der Waals surface area contributed by atoms with Gasteiger partial charge in [0.25, 0.3) is 0 Å². The van der Waals surface area contributed by atoms with Gasteiger partial charge >= 0.3 is 0 Å². The molecule has 0 spiro atoms. The molecule has 3 heteroatoms. The van der Waals surface area contributed by atoms with Crippen LogP contribution < -0.4 is 5.32 Å². The molecule has 4 aliphatic rings. The van der Waals surface area contributed by atoms with Crippen molar-refractivity contribution in [3.05, 3.63) is 0 Å². The van der Waals surface area contributed by atoms with Gasteiger partial charge in [-0.25, -0.2) is 0 Å². The number of hydrogen-bond acceptors (Lipinski definition) is 3. The fourth-order valence-corrected chi connectivity index (χ4v) is 3.28. The van der Waals surface area contributed by atoms with Gasteiger partial charge in [0.1, 0.15) is 0 Å². The molecule has 0 amide bonds. The highest BCUT2D eigenvalue weighted by Crippen LogP contribution is 2.27. The van der Waals surface area contributed by atoms with Crippen LogP contribution in [0.5, 0.6) is 0 Å². The summed E-state index contributed by atoms with van der Waals surface area (Å²) in [5.74, 6) is 0.941. The summed E-state index contributed by atoms with van der Waals surface area (Å²) in [7, 11) is 0. The topological polar surface area (TPSA) is 24.5 Å². The van der Waals surface area contributed by atoms with Gasteiger partial charge in [-0.15, -0.1) is 0 Å². The average molecular weight is 210 g/mol. The molecular weight excluding hydrogens is 188 g/mol. The molecule has 0 saturated carbocycles. The van der Waals surface area contributed by atoms with Crippen molar-refractivity contribution in [1.29, 1.82) is 0 Å². The predicted octanol–water partition coefficient (Wildman–Crippen LogP) is 0.849. The third-order valence-electron chi connectivity index (χ3n) is 4.29. The lowest BCUT2D eigenvalue weighted by atomic mass is 9.84. The number of rotatable bonds is 3. The molecule has 4 fully saturated rings. The first-order valence-electron chi connectivity index (χ1n) is 6.49. The Labute approximate surface area is 92.2 Å². The second-order valence-corrected chi connectivity index (χ2v) is 5.29. The molecule has 0 aliphatic carbocycles. The summed E-state index contributed by atoms with van der Waals surface area (Å²) in [4.78, 5) is 2.60. The van der Waals surface area contributed by atoms with Gasteiger partial charge in [-0.2, -0.15) is 0 Å². The van der Waals surface area contributed by atoms with E-state index in [-0.39, 0.29) is 0 Å². The molecule has 4 aliphatic heterocycles. The van der Waals surface area contributed by atoms with Gasteiger partial charge in [-0.3, -0.25) is 0 Å². The summed E-state index contributed by atoms with van der Waals surface area (Å²) >= 11 is 0. The Morgan fingerprint density at radius 2 is 2.07 bits per heavy atom. The molecular formula is C12H22N2O. The lowest BCUT2D eigenvalue weighted by molar-refractivity contribution is 0.0569. The molecule has 2 atom stereocenters. The third kappa shape index (κ3) is 2.19. The van der Waals surface area contributed by atoms with Gasteiger partial charge in [-0.1, -0.05) is 0 Å². The zero-order valence-corrected chi connectivity index (χ0v) is 9.45. The Balaban J connectivity index is 1.46. The number of fused-ring (bicyclic) bond motifs is 3. The van der Waals surface area contributed by atoms with Crippen molar-refractivity contribution in [2.24, 2.45) is 5.92 Å². The minimum atomic E-state index is 0.500. The number of ether oxygens (including phenoxy) is 1. The van der Waals surface area contributed by atoms with Crippen LogP contribution in [0.3, 0.4) is 0 Å². The van der Waals surface area contributed by atoms with E-state index in [1.165, 1.54) is 45.3 Å². The zero-order valence-electron chi connectivity index (χ0n) is 9.45. The molecule has 4 saturated heterocycles. The van der Waals surface area contributed by atoms with Crippen molar-refractivity contribution < 1.29 is 4.74 Å². The fraction of sp³-hybridized carbons (Fsp3) is 1.00. The van der Waals surface area contributed by atoms with Crippen LogP contribution in [0.25, 0.3) is 0 Å². The van der Waals surface area contributed by atoms with Crippen LogP contribution in [0.4, 0.5) is 0 Å². The molecule has 0 aromatic heterocycles. The third-order valence-corrected chi connectivity index (χ3v) is 4.29. The van der Waals surface area contributed by atoms with Crippen molar-refractivity contribution in [2.45, 2.75) is 37.8 Å². The van der Waals surface area contributed by atoms with E-state index in [2.05, 4.69) is 10.2 Å². The SMILES string of the molecule is C1CO[C@@H](CN[C@H]2CN3CCC2CC3)C1. The average Bonchev–Trinajstić information content (AvgIpc) is 2.81. The Hall–Kier alpha value is -0.120. The van der Waals surface area contributed by atoms with Crippen LogP contribution in [0.1, 0.15) is 25.7 Å². The minimum Gasteiger partial charge on any atom is -0.377 e. The number of piperidine rings is 3. The lowest BCUT2D eigenvalue weighted by Gasteiger charge is -2.45. The Bertz CT molecular complexity index is 208. The Morgan fingerprint density at radius 1 is 1.20 bits per heavy atom. The summed E-state index contributed by atoms with van der Waals surface area (Å²) in [5.41, 5.74) is 0. The van der Waals surface area contributed by atoms with Crippen molar-refractivity contribution in [3.63, 3.8) is 0 Å². The van der Waals surface area contributed by atoms with Crippen LogP contribution in [0, 0.1) is 5.92 Å². The number of nitrogens with zero attached hydrogens (tertiary/aromatic N) is 1. The molecule has 4 rings (SSSR count). The summed E-state index contributed by atoms with van der Waals surface area (Å²) < 4.78 is 5.65. The molecule has 0 aromatic carbocycles. The first kappa shape index (κ1) is 10.1. The smallest absolute Gasteiger partial charge is 0.0700 e. The second kappa shape index (κ2) is 4.40. The predicted molar refractivity (Wildman–Crippen MR) is 59.9 cm³/mol. The molecule has 15 heavy (non-hydrogen) atoms. The second-order valence-electron chi connectivity index (χ2n) is 5.29. The minimum absolute atomic E-state index is 0.500. The van der Waals surface area contributed by atoms with Crippen molar-refractivity contribution >= 4 is 0 Å². The zero-order chi connectivity index (χ0) is 10.1. The summed E-state index contributed by atoms with van der Waals surface area (Å²) in [6.07, 6.45) is 5.83. The molecule has 4 heterocycles. The highest BCUT2D eigenvalue weighted by atomic mass is 16.5. The maximum atomic E-state index is 5.65. The first-order chi connectivity index (χ1) is 7.42. The van der Waals surface area contributed by atoms with Gasteiger partial charge < -0.3 is 15.0 Å². The standard InChI is InChI=1S/C12H22N2O/c1-2-11(15-7-1)8-13-12-9-14-5-3-10(12)4-6-14/h10-13H,1-9H2/t11-,12+/m1/s1.